The molecule has 0 aromatic carbocycles. The molecule has 0 radical (unpaired) electrons. The summed E-state index contributed by atoms with van der Waals surface area (Å²) < 4.78 is 0. The van der Waals surface area contributed by atoms with E-state index in [1.807, 2.05) is 6.07 Å². The van der Waals surface area contributed by atoms with E-state index >= 15 is 0 Å². The Kier molecular flexibility index (Phi) is 4.36. The van der Waals surface area contributed by atoms with E-state index in [-0.39, 0.29) is 0 Å². The monoisotopic (exact) mass is 279 g/mol. The summed E-state index contributed by atoms with van der Waals surface area (Å²) in [5.74, 6) is 0.750. The highest BCUT2D eigenvalue weighted by atomic mass is 35.5. The van der Waals surface area contributed by atoms with Crippen LogP contribution in [-0.4, -0.2) is 36.1 Å². The zero-order valence-corrected chi connectivity index (χ0v) is 12.1. The van der Waals surface area contributed by atoms with Crippen LogP contribution in [0.25, 0.3) is 0 Å². The van der Waals surface area contributed by atoms with Gasteiger partial charge in [0.2, 0.25) is 0 Å². The molecule has 19 heavy (non-hydrogen) atoms. The van der Waals surface area contributed by atoms with Gasteiger partial charge in [-0.1, -0.05) is 30.5 Å². The van der Waals surface area contributed by atoms with Crippen molar-refractivity contribution in [1.29, 1.82) is 0 Å². The Bertz CT molecular complexity index is 412. The van der Waals surface area contributed by atoms with E-state index in [1.165, 1.54) is 31.2 Å². The van der Waals surface area contributed by atoms with Gasteiger partial charge in [-0.3, -0.25) is 4.90 Å². The number of nitrogens with zero attached hydrogens (tertiary/aromatic N) is 2. The van der Waals surface area contributed by atoms with Crippen LogP contribution in [0.15, 0.2) is 18.3 Å². The van der Waals surface area contributed by atoms with E-state index < -0.39 is 0 Å². The van der Waals surface area contributed by atoms with E-state index in [1.54, 1.807) is 6.20 Å². The molecule has 0 bridgehead atoms. The van der Waals surface area contributed by atoms with Crippen LogP contribution in [0.3, 0.4) is 0 Å². The standard InChI is InChI=1S/C15H22ClN3/c16-15-13(6-3-7-18-15)14(12-4-1-2-5-12)19-10-8-17-9-11-19/h3,6-7,12,14,17H,1-2,4-5,8-11H2/t14-/m1/s1. The van der Waals surface area contributed by atoms with Gasteiger partial charge in [0.1, 0.15) is 5.15 Å². The Balaban J connectivity index is 1.88. The molecule has 1 aliphatic heterocycles. The third kappa shape index (κ3) is 2.93. The third-order valence-electron chi connectivity index (χ3n) is 4.50. The summed E-state index contributed by atoms with van der Waals surface area (Å²) in [6.45, 7) is 4.40. The van der Waals surface area contributed by atoms with Crippen LogP contribution >= 0.6 is 11.6 Å². The Morgan fingerprint density at radius 2 is 2.00 bits per heavy atom. The Morgan fingerprint density at radius 3 is 2.68 bits per heavy atom. The van der Waals surface area contributed by atoms with E-state index in [9.17, 15) is 0 Å². The SMILES string of the molecule is Clc1ncccc1[C@@H](C1CCCC1)N1CCNCC1. The lowest BCUT2D eigenvalue weighted by Crippen LogP contribution is -2.46. The van der Waals surface area contributed by atoms with Crippen molar-refractivity contribution in [3.8, 4) is 0 Å². The fourth-order valence-electron chi connectivity index (χ4n) is 3.60. The minimum atomic E-state index is 0.464. The molecule has 2 aliphatic rings. The van der Waals surface area contributed by atoms with Gasteiger partial charge in [0.15, 0.2) is 0 Å². The fourth-order valence-corrected chi connectivity index (χ4v) is 3.83. The summed E-state index contributed by atoms with van der Waals surface area (Å²) in [6.07, 6.45) is 7.19. The van der Waals surface area contributed by atoms with E-state index in [0.717, 1.165) is 32.1 Å². The Hall–Kier alpha value is -0.640. The predicted octanol–water partition coefficient (Wildman–Crippen LogP) is 2.87. The van der Waals surface area contributed by atoms with Crippen LogP contribution in [-0.2, 0) is 0 Å². The quantitative estimate of drug-likeness (QED) is 0.863. The van der Waals surface area contributed by atoms with Gasteiger partial charge in [0, 0.05) is 44.0 Å². The first-order valence-electron chi connectivity index (χ1n) is 7.41. The third-order valence-corrected chi connectivity index (χ3v) is 4.81. The molecule has 1 atom stereocenters. The average molecular weight is 280 g/mol. The molecule has 1 saturated carbocycles. The van der Waals surface area contributed by atoms with Crippen molar-refractivity contribution >= 4 is 11.6 Å². The minimum Gasteiger partial charge on any atom is -0.314 e. The highest BCUT2D eigenvalue weighted by molar-refractivity contribution is 6.30. The molecule has 1 aliphatic carbocycles. The number of piperazine rings is 1. The fraction of sp³-hybridized carbons (Fsp3) is 0.667. The van der Waals surface area contributed by atoms with Gasteiger partial charge in [-0.2, -0.15) is 0 Å². The molecule has 3 rings (SSSR count). The van der Waals surface area contributed by atoms with Gasteiger partial charge in [0.25, 0.3) is 0 Å². The Morgan fingerprint density at radius 1 is 1.26 bits per heavy atom. The summed E-state index contributed by atoms with van der Waals surface area (Å²) in [6, 6.07) is 4.65. The van der Waals surface area contributed by atoms with Crippen molar-refractivity contribution in [3.05, 3.63) is 29.0 Å². The topological polar surface area (TPSA) is 28.2 Å². The van der Waals surface area contributed by atoms with Crippen LogP contribution in [0, 0.1) is 5.92 Å². The van der Waals surface area contributed by atoms with Crippen LogP contribution < -0.4 is 5.32 Å². The van der Waals surface area contributed by atoms with E-state index in [4.69, 9.17) is 11.6 Å². The summed E-state index contributed by atoms with van der Waals surface area (Å²) in [7, 11) is 0. The molecule has 104 valence electrons. The van der Waals surface area contributed by atoms with Crippen molar-refractivity contribution in [2.24, 2.45) is 5.92 Å². The van der Waals surface area contributed by atoms with Gasteiger partial charge in [-0.05, 0) is 24.8 Å². The predicted molar refractivity (Wildman–Crippen MR) is 78.4 cm³/mol. The molecule has 4 heteroatoms. The van der Waals surface area contributed by atoms with Crippen molar-refractivity contribution in [2.45, 2.75) is 31.7 Å². The van der Waals surface area contributed by atoms with Crippen LogP contribution in [0.5, 0.6) is 0 Å². The molecule has 1 aromatic rings. The molecule has 0 spiro atoms. The van der Waals surface area contributed by atoms with Crippen LogP contribution in [0.2, 0.25) is 5.15 Å². The maximum atomic E-state index is 6.36. The number of pyridine rings is 1. The minimum absolute atomic E-state index is 0.464. The van der Waals surface area contributed by atoms with Crippen LogP contribution in [0.4, 0.5) is 0 Å². The lowest BCUT2D eigenvalue weighted by molar-refractivity contribution is 0.125. The van der Waals surface area contributed by atoms with Gasteiger partial charge in [-0.25, -0.2) is 4.98 Å². The number of halogens is 1. The first-order chi connectivity index (χ1) is 9.36. The smallest absolute Gasteiger partial charge is 0.133 e. The molecular formula is C15H22ClN3. The zero-order chi connectivity index (χ0) is 13.1. The molecule has 0 unspecified atom stereocenters. The van der Waals surface area contributed by atoms with E-state index in [0.29, 0.717) is 11.2 Å². The van der Waals surface area contributed by atoms with Crippen molar-refractivity contribution in [1.82, 2.24) is 15.2 Å². The first-order valence-corrected chi connectivity index (χ1v) is 7.79. The van der Waals surface area contributed by atoms with Crippen molar-refractivity contribution in [3.63, 3.8) is 0 Å². The molecule has 3 nitrogen and oxygen atoms in total. The molecule has 2 heterocycles. The molecule has 1 aromatic heterocycles. The maximum Gasteiger partial charge on any atom is 0.133 e. The molecule has 2 fully saturated rings. The van der Waals surface area contributed by atoms with Crippen LogP contribution in [0.1, 0.15) is 37.3 Å². The molecule has 0 amide bonds. The Labute approximate surface area is 120 Å². The van der Waals surface area contributed by atoms with Gasteiger partial charge in [-0.15, -0.1) is 0 Å². The normalized spacial score (nSPS) is 23.6. The molecule has 1 N–H and O–H groups in total. The highest BCUT2D eigenvalue weighted by Crippen LogP contribution is 2.41. The van der Waals surface area contributed by atoms with E-state index in [2.05, 4.69) is 21.3 Å². The van der Waals surface area contributed by atoms with Gasteiger partial charge in [0.05, 0.1) is 0 Å². The lowest BCUT2D eigenvalue weighted by atomic mass is 9.90. The number of aromatic nitrogens is 1. The molecule has 1 saturated heterocycles. The average Bonchev–Trinajstić information content (AvgIpc) is 2.96. The van der Waals surface area contributed by atoms with Gasteiger partial charge >= 0.3 is 0 Å². The second-order valence-electron chi connectivity index (χ2n) is 5.66. The molecular weight excluding hydrogens is 258 g/mol. The summed E-state index contributed by atoms with van der Waals surface area (Å²) >= 11 is 6.36. The second kappa shape index (κ2) is 6.21. The van der Waals surface area contributed by atoms with Crippen molar-refractivity contribution in [2.75, 3.05) is 26.2 Å². The second-order valence-corrected chi connectivity index (χ2v) is 6.02. The zero-order valence-electron chi connectivity index (χ0n) is 11.3. The number of hydrogen-bond acceptors (Lipinski definition) is 3. The number of hydrogen-bond donors (Lipinski definition) is 1. The van der Waals surface area contributed by atoms with Crippen molar-refractivity contribution < 1.29 is 0 Å². The summed E-state index contributed by atoms with van der Waals surface area (Å²) in [5, 5.41) is 4.13. The first kappa shape index (κ1) is 13.3. The number of rotatable bonds is 3. The summed E-state index contributed by atoms with van der Waals surface area (Å²) in [4.78, 5) is 6.90. The largest absolute Gasteiger partial charge is 0.314 e. The lowest BCUT2D eigenvalue weighted by Gasteiger charge is -2.38. The highest BCUT2D eigenvalue weighted by Gasteiger charge is 2.33. The maximum absolute atomic E-state index is 6.36. The van der Waals surface area contributed by atoms with Gasteiger partial charge < -0.3 is 5.32 Å². The number of nitrogens with one attached hydrogen (secondary N) is 1. The summed E-state index contributed by atoms with van der Waals surface area (Å²) in [5.41, 5.74) is 1.23.